The van der Waals surface area contributed by atoms with Gasteiger partial charge in [0.15, 0.2) is 17.3 Å². The molecule has 0 atom stereocenters. The number of methoxy groups -OCH3 is 2. The molecule has 0 unspecified atom stereocenters. The Morgan fingerprint density at radius 3 is 2.60 bits per heavy atom. The first-order chi connectivity index (χ1) is 7.19. The van der Waals surface area contributed by atoms with Gasteiger partial charge in [0, 0.05) is 12.0 Å². The molecule has 4 heteroatoms. The van der Waals surface area contributed by atoms with E-state index in [0.717, 1.165) is 5.56 Å². The number of ketones is 1. The number of fused-ring (bicyclic) bond motifs is 1. The lowest BCUT2D eigenvalue weighted by Crippen LogP contribution is -2.02. The van der Waals surface area contributed by atoms with Crippen molar-refractivity contribution < 1.29 is 14.3 Å². The maximum absolute atomic E-state index is 11.5. The first kappa shape index (κ1) is 9.83. The van der Waals surface area contributed by atoms with Crippen LogP contribution in [0.25, 0.3) is 0 Å². The summed E-state index contributed by atoms with van der Waals surface area (Å²) in [6.45, 7) is 0. The standard InChI is InChI=1S/C11H13NO3/c1-14-9-5-7-6(3-4-8(7)13)10(12)11(9)15-2/h5H,3-4,12H2,1-2H3. The molecule has 4 nitrogen and oxygen atoms in total. The van der Waals surface area contributed by atoms with Gasteiger partial charge in [0.1, 0.15) is 0 Å². The molecule has 1 aliphatic rings. The van der Waals surface area contributed by atoms with Crippen molar-refractivity contribution in [2.45, 2.75) is 12.8 Å². The number of Topliss-reactive ketones (excluding diaryl/α,β-unsaturated/α-hetero) is 1. The number of rotatable bonds is 2. The summed E-state index contributed by atoms with van der Waals surface area (Å²) in [5, 5.41) is 0. The van der Waals surface area contributed by atoms with Crippen LogP contribution in [0.1, 0.15) is 22.3 Å². The number of carbonyl (C=O) groups excluding carboxylic acids is 1. The maximum Gasteiger partial charge on any atom is 0.184 e. The summed E-state index contributed by atoms with van der Waals surface area (Å²) in [6, 6.07) is 1.71. The van der Waals surface area contributed by atoms with Gasteiger partial charge in [-0.05, 0) is 18.1 Å². The minimum Gasteiger partial charge on any atom is -0.493 e. The summed E-state index contributed by atoms with van der Waals surface area (Å²) in [6.07, 6.45) is 1.22. The molecule has 1 aromatic rings. The van der Waals surface area contributed by atoms with Gasteiger partial charge in [0.25, 0.3) is 0 Å². The van der Waals surface area contributed by atoms with Gasteiger partial charge in [-0.25, -0.2) is 0 Å². The molecule has 0 heterocycles. The highest BCUT2D eigenvalue weighted by atomic mass is 16.5. The summed E-state index contributed by atoms with van der Waals surface area (Å²) < 4.78 is 10.3. The van der Waals surface area contributed by atoms with Gasteiger partial charge < -0.3 is 15.2 Å². The van der Waals surface area contributed by atoms with Crippen LogP contribution in [0.2, 0.25) is 0 Å². The molecular weight excluding hydrogens is 194 g/mol. The van der Waals surface area contributed by atoms with Gasteiger partial charge in [-0.1, -0.05) is 0 Å². The Hall–Kier alpha value is -1.71. The van der Waals surface area contributed by atoms with Gasteiger partial charge in [-0.15, -0.1) is 0 Å². The lowest BCUT2D eigenvalue weighted by Gasteiger charge is -2.13. The van der Waals surface area contributed by atoms with Crippen LogP contribution in [0.5, 0.6) is 11.5 Å². The summed E-state index contributed by atoms with van der Waals surface area (Å²) in [5.41, 5.74) is 8.01. The second kappa shape index (κ2) is 3.46. The van der Waals surface area contributed by atoms with E-state index in [1.54, 1.807) is 6.07 Å². The van der Waals surface area contributed by atoms with Gasteiger partial charge in [-0.2, -0.15) is 0 Å². The van der Waals surface area contributed by atoms with Gasteiger partial charge in [0.2, 0.25) is 0 Å². The molecule has 0 bridgehead atoms. The van der Waals surface area contributed by atoms with Crippen molar-refractivity contribution in [3.05, 3.63) is 17.2 Å². The third kappa shape index (κ3) is 1.33. The molecule has 0 saturated heterocycles. The lowest BCUT2D eigenvalue weighted by atomic mass is 10.1. The summed E-state index contributed by atoms with van der Waals surface area (Å²) in [5.74, 6) is 1.16. The average Bonchev–Trinajstić information content (AvgIpc) is 2.60. The third-order valence-electron chi connectivity index (χ3n) is 2.72. The smallest absolute Gasteiger partial charge is 0.184 e. The van der Waals surface area contributed by atoms with Crippen molar-refractivity contribution in [3.8, 4) is 11.5 Å². The summed E-state index contributed by atoms with van der Waals surface area (Å²) in [4.78, 5) is 11.5. The van der Waals surface area contributed by atoms with E-state index in [1.165, 1.54) is 14.2 Å². The largest absolute Gasteiger partial charge is 0.493 e. The predicted octanol–water partition coefficient (Wildman–Crippen LogP) is 1.41. The van der Waals surface area contributed by atoms with Crippen molar-refractivity contribution in [1.82, 2.24) is 0 Å². The van der Waals surface area contributed by atoms with Crippen molar-refractivity contribution >= 4 is 11.5 Å². The quantitative estimate of drug-likeness (QED) is 0.745. The van der Waals surface area contributed by atoms with E-state index >= 15 is 0 Å². The van der Waals surface area contributed by atoms with Crippen LogP contribution >= 0.6 is 0 Å². The van der Waals surface area contributed by atoms with Crippen LogP contribution in [0, 0.1) is 0 Å². The molecule has 15 heavy (non-hydrogen) atoms. The van der Waals surface area contributed by atoms with E-state index in [4.69, 9.17) is 15.2 Å². The number of nitrogen functional groups attached to an aromatic ring is 1. The van der Waals surface area contributed by atoms with E-state index in [2.05, 4.69) is 0 Å². The minimum atomic E-state index is 0.123. The fourth-order valence-corrected chi connectivity index (χ4v) is 1.95. The Balaban J connectivity index is 2.67. The van der Waals surface area contributed by atoms with Gasteiger partial charge >= 0.3 is 0 Å². The second-order valence-electron chi connectivity index (χ2n) is 3.48. The monoisotopic (exact) mass is 207 g/mol. The molecule has 2 rings (SSSR count). The summed E-state index contributed by atoms with van der Waals surface area (Å²) >= 11 is 0. The molecular formula is C11H13NO3. The van der Waals surface area contributed by atoms with Crippen LogP contribution in [-0.4, -0.2) is 20.0 Å². The maximum atomic E-state index is 11.5. The summed E-state index contributed by atoms with van der Waals surface area (Å²) in [7, 11) is 3.07. The number of hydrogen-bond donors (Lipinski definition) is 1. The van der Waals surface area contributed by atoms with Crippen molar-refractivity contribution in [3.63, 3.8) is 0 Å². The predicted molar refractivity (Wildman–Crippen MR) is 56.6 cm³/mol. The van der Waals surface area contributed by atoms with Crippen molar-refractivity contribution in [1.29, 1.82) is 0 Å². The van der Waals surface area contributed by atoms with Crippen LogP contribution in [0.3, 0.4) is 0 Å². The number of ether oxygens (including phenoxy) is 2. The van der Waals surface area contributed by atoms with E-state index < -0.39 is 0 Å². The highest BCUT2D eigenvalue weighted by Crippen LogP contribution is 2.41. The van der Waals surface area contributed by atoms with Crippen LogP contribution in [0.15, 0.2) is 6.07 Å². The second-order valence-corrected chi connectivity index (χ2v) is 3.48. The van der Waals surface area contributed by atoms with E-state index in [9.17, 15) is 4.79 Å². The molecule has 0 saturated carbocycles. The fraction of sp³-hybridized carbons (Fsp3) is 0.364. The number of hydrogen-bond acceptors (Lipinski definition) is 4. The molecule has 1 aliphatic carbocycles. The molecule has 80 valence electrons. The number of anilines is 1. The zero-order valence-electron chi connectivity index (χ0n) is 8.79. The first-order valence-electron chi connectivity index (χ1n) is 4.75. The lowest BCUT2D eigenvalue weighted by molar-refractivity contribution is 0.0994. The minimum absolute atomic E-state index is 0.123. The average molecular weight is 207 g/mol. The molecule has 2 N–H and O–H groups in total. The van der Waals surface area contributed by atoms with Crippen LogP contribution in [0.4, 0.5) is 5.69 Å². The zero-order valence-corrected chi connectivity index (χ0v) is 8.79. The molecule has 1 aromatic carbocycles. The third-order valence-corrected chi connectivity index (χ3v) is 2.72. The Kier molecular flexibility index (Phi) is 2.26. The normalized spacial score (nSPS) is 13.9. The van der Waals surface area contributed by atoms with Crippen LogP contribution in [-0.2, 0) is 6.42 Å². The molecule has 0 radical (unpaired) electrons. The molecule has 0 amide bonds. The molecule has 0 fully saturated rings. The van der Waals surface area contributed by atoms with Crippen LogP contribution < -0.4 is 15.2 Å². The van der Waals surface area contributed by atoms with Gasteiger partial charge in [-0.3, -0.25) is 4.79 Å². The Bertz CT molecular complexity index is 426. The first-order valence-corrected chi connectivity index (χ1v) is 4.75. The Labute approximate surface area is 88.0 Å². The SMILES string of the molecule is COc1cc2c(c(N)c1OC)CCC2=O. The van der Waals surface area contributed by atoms with Crippen molar-refractivity contribution in [2.75, 3.05) is 20.0 Å². The van der Waals surface area contributed by atoms with Gasteiger partial charge in [0.05, 0.1) is 19.9 Å². The Morgan fingerprint density at radius 2 is 2.00 bits per heavy atom. The number of nitrogens with two attached hydrogens (primary N) is 1. The molecule has 0 aromatic heterocycles. The van der Waals surface area contributed by atoms with E-state index in [1.807, 2.05) is 0 Å². The topological polar surface area (TPSA) is 61.6 Å². The highest BCUT2D eigenvalue weighted by Gasteiger charge is 2.26. The highest BCUT2D eigenvalue weighted by molar-refractivity contribution is 6.03. The van der Waals surface area contributed by atoms with Crippen molar-refractivity contribution in [2.24, 2.45) is 0 Å². The number of benzene rings is 1. The fourth-order valence-electron chi connectivity index (χ4n) is 1.95. The van der Waals surface area contributed by atoms with E-state index in [-0.39, 0.29) is 5.78 Å². The zero-order chi connectivity index (χ0) is 11.0. The number of carbonyl (C=O) groups is 1. The Morgan fingerprint density at radius 1 is 1.27 bits per heavy atom. The van der Waals surface area contributed by atoms with E-state index in [0.29, 0.717) is 35.6 Å². The molecule has 0 aliphatic heterocycles. The molecule has 0 spiro atoms.